The zero-order valence-electron chi connectivity index (χ0n) is 10.2. The number of rotatable bonds is 5. The fraction of sp³-hybridized carbons (Fsp3) is 0.833. The van der Waals surface area contributed by atoms with Crippen LogP contribution in [0.3, 0.4) is 0 Å². The Morgan fingerprint density at radius 1 is 1.50 bits per heavy atom. The number of nitrogens with zero attached hydrogens (tertiary/aromatic N) is 2. The van der Waals surface area contributed by atoms with Gasteiger partial charge in [0, 0.05) is 20.2 Å². The molecular weight excluding hydrogens is 204 g/mol. The van der Waals surface area contributed by atoms with Gasteiger partial charge in [0.2, 0.25) is 5.91 Å². The number of likely N-dealkylation sites (N-methyl/N-ethyl adjacent to an activating group) is 1. The molecule has 0 unspecified atom stereocenters. The highest BCUT2D eigenvalue weighted by atomic mass is 16.5. The smallest absolute Gasteiger partial charge is 0.242 e. The first-order chi connectivity index (χ1) is 7.66. The van der Waals surface area contributed by atoms with Gasteiger partial charge in [0.25, 0.3) is 0 Å². The van der Waals surface area contributed by atoms with Crippen LogP contribution in [-0.4, -0.2) is 37.6 Å². The lowest BCUT2D eigenvalue weighted by molar-refractivity contribution is -0.138. The van der Waals surface area contributed by atoms with Crippen LogP contribution in [0.2, 0.25) is 0 Å². The lowest BCUT2D eigenvalue weighted by atomic mass is 9.86. The number of hydrogen-bond acceptors (Lipinski definition) is 3. The minimum Gasteiger partial charge on any atom is -0.380 e. The van der Waals surface area contributed by atoms with Crippen molar-refractivity contribution in [1.82, 2.24) is 4.90 Å². The molecule has 0 N–H and O–H groups in total. The van der Waals surface area contributed by atoms with Gasteiger partial charge < -0.3 is 9.64 Å². The first-order valence-electron chi connectivity index (χ1n) is 5.91. The highest BCUT2D eigenvalue weighted by molar-refractivity contribution is 5.85. The van der Waals surface area contributed by atoms with E-state index in [4.69, 9.17) is 4.74 Å². The van der Waals surface area contributed by atoms with E-state index in [1.165, 1.54) is 0 Å². The molecule has 0 spiro atoms. The van der Waals surface area contributed by atoms with Crippen LogP contribution in [0.4, 0.5) is 0 Å². The summed E-state index contributed by atoms with van der Waals surface area (Å²) in [5.41, 5.74) is -0.749. The summed E-state index contributed by atoms with van der Waals surface area (Å²) in [6.45, 7) is 3.69. The Morgan fingerprint density at radius 3 is 2.62 bits per heavy atom. The third-order valence-electron chi connectivity index (χ3n) is 3.20. The highest BCUT2D eigenvalue weighted by Gasteiger charge is 2.42. The molecule has 1 rings (SSSR count). The Labute approximate surface area is 97.2 Å². The van der Waals surface area contributed by atoms with Crippen molar-refractivity contribution in [2.75, 3.05) is 26.8 Å². The molecule has 0 aromatic heterocycles. The van der Waals surface area contributed by atoms with Crippen LogP contribution in [0, 0.1) is 16.7 Å². The molecule has 1 fully saturated rings. The van der Waals surface area contributed by atoms with Crippen LogP contribution in [0.1, 0.15) is 32.6 Å². The minimum absolute atomic E-state index is 0.0350. The van der Waals surface area contributed by atoms with Crippen molar-refractivity contribution in [3.8, 4) is 6.07 Å². The SMILES string of the molecule is CCOCCN(C)C(=O)C1(C#N)CCCC1. The Balaban J connectivity index is 2.52. The van der Waals surface area contributed by atoms with E-state index in [1.54, 1.807) is 11.9 Å². The Kier molecular flexibility index (Phi) is 4.75. The van der Waals surface area contributed by atoms with E-state index in [2.05, 4.69) is 6.07 Å². The summed E-state index contributed by atoms with van der Waals surface area (Å²) in [7, 11) is 1.75. The zero-order valence-corrected chi connectivity index (χ0v) is 10.2. The van der Waals surface area contributed by atoms with Crippen LogP contribution in [0.15, 0.2) is 0 Å². The van der Waals surface area contributed by atoms with Crippen LogP contribution in [0.25, 0.3) is 0 Å². The van der Waals surface area contributed by atoms with Crippen molar-refractivity contribution in [3.05, 3.63) is 0 Å². The summed E-state index contributed by atoms with van der Waals surface area (Å²) in [4.78, 5) is 13.8. The molecule has 1 aliphatic carbocycles. The molecule has 0 aliphatic heterocycles. The van der Waals surface area contributed by atoms with Crippen LogP contribution < -0.4 is 0 Å². The van der Waals surface area contributed by atoms with E-state index in [-0.39, 0.29) is 5.91 Å². The van der Waals surface area contributed by atoms with Crippen LogP contribution in [0.5, 0.6) is 0 Å². The predicted molar refractivity (Wildman–Crippen MR) is 60.6 cm³/mol. The van der Waals surface area contributed by atoms with E-state index < -0.39 is 5.41 Å². The van der Waals surface area contributed by atoms with Crippen LogP contribution >= 0.6 is 0 Å². The topological polar surface area (TPSA) is 53.3 Å². The second-order valence-electron chi connectivity index (χ2n) is 4.32. The number of nitriles is 1. The first kappa shape index (κ1) is 13.0. The summed E-state index contributed by atoms with van der Waals surface area (Å²) >= 11 is 0. The summed E-state index contributed by atoms with van der Waals surface area (Å²) in [5, 5.41) is 9.18. The Morgan fingerprint density at radius 2 is 2.12 bits per heavy atom. The zero-order chi connectivity index (χ0) is 12.0. The molecule has 16 heavy (non-hydrogen) atoms. The highest BCUT2D eigenvalue weighted by Crippen LogP contribution is 2.38. The van der Waals surface area contributed by atoms with Gasteiger partial charge in [-0.05, 0) is 19.8 Å². The molecule has 0 radical (unpaired) electrons. The molecule has 0 heterocycles. The number of ether oxygens (including phenoxy) is 1. The van der Waals surface area contributed by atoms with Crippen molar-refractivity contribution >= 4 is 5.91 Å². The number of carbonyl (C=O) groups is 1. The van der Waals surface area contributed by atoms with Gasteiger partial charge in [0.1, 0.15) is 5.41 Å². The number of hydrogen-bond donors (Lipinski definition) is 0. The summed E-state index contributed by atoms with van der Waals surface area (Å²) in [5.74, 6) is -0.0350. The van der Waals surface area contributed by atoms with Gasteiger partial charge in [-0.3, -0.25) is 4.79 Å². The van der Waals surface area contributed by atoms with Crippen molar-refractivity contribution in [2.45, 2.75) is 32.6 Å². The van der Waals surface area contributed by atoms with E-state index >= 15 is 0 Å². The average Bonchev–Trinajstić information content (AvgIpc) is 2.78. The Hall–Kier alpha value is -1.08. The number of carbonyl (C=O) groups excluding carboxylic acids is 1. The van der Waals surface area contributed by atoms with E-state index in [1.807, 2.05) is 6.92 Å². The van der Waals surface area contributed by atoms with E-state index in [0.29, 0.717) is 32.6 Å². The minimum atomic E-state index is -0.749. The summed E-state index contributed by atoms with van der Waals surface area (Å²) in [6.07, 6.45) is 3.39. The molecule has 4 heteroatoms. The normalized spacial score (nSPS) is 18.1. The van der Waals surface area contributed by atoms with Gasteiger partial charge in [0.05, 0.1) is 12.7 Å². The molecule has 0 bridgehead atoms. The fourth-order valence-electron chi connectivity index (χ4n) is 2.16. The molecular formula is C12H20N2O2. The van der Waals surface area contributed by atoms with E-state index in [9.17, 15) is 10.1 Å². The van der Waals surface area contributed by atoms with Gasteiger partial charge >= 0.3 is 0 Å². The first-order valence-corrected chi connectivity index (χ1v) is 5.91. The Bertz CT molecular complexity index is 277. The van der Waals surface area contributed by atoms with Crippen molar-refractivity contribution in [1.29, 1.82) is 5.26 Å². The maximum Gasteiger partial charge on any atom is 0.242 e. The average molecular weight is 224 g/mol. The molecule has 4 nitrogen and oxygen atoms in total. The standard InChI is InChI=1S/C12H20N2O2/c1-3-16-9-8-14(2)11(15)12(10-13)6-4-5-7-12/h3-9H2,1-2H3. The lowest BCUT2D eigenvalue weighted by Crippen LogP contribution is -2.41. The molecule has 1 amide bonds. The van der Waals surface area contributed by atoms with Crippen molar-refractivity contribution in [2.24, 2.45) is 5.41 Å². The molecule has 90 valence electrons. The third kappa shape index (κ3) is 2.73. The van der Waals surface area contributed by atoms with Crippen LogP contribution in [-0.2, 0) is 9.53 Å². The quantitative estimate of drug-likeness (QED) is 0.666. The molecule has 0 aromatic carbocycles. The monoisotopic (exact) mass is 224 g/mol. The second-order valence-corrected chi connectivity index (χ2v) is 4.32. The molecule has 0 aromatic rings. The van der Waals surface area contributed by atoms with Gasteiger partial charge in [-0.2, -0.15) is 5.26 Å². The summed E-state index contributed by atoms with van der Waals surface area (Å²) < 4.78 is 5.21. The number of amides is 1. The fourth-order valence-corrected chi connectivity index (χ4v) is 2.16. The third-order valence-corrected chi connectivity index (χ3v) is 3.20. The van der Waals surface area contributed by atoms with Gasteiger partial charge in [-0.15, -0.1) is 0 Å². The van der Waals surface area contributed by atoms with Gasteiger partial charge in [0.15, 0.2) is 0 Å². The largest absolute Gasteiger partial charge is 0.380 e. The molecule has 0 saturated heterocycles. The van der Waals surface area contributed by atoms with Gasteiger partial charge in [-0.1, -0.05) is 12.8 Å². The van der Waals surface area contributed by atoms with Crippen molar-refractivity contribution < 1.29 is 9.53 Å². The predicted octanol–water partition coefficient (Wildman–Crippen LogP) is 1.57. The maximum atomic E-state index is 12.1. The lowest BCUT2D eigenvalue weighted by Gasteiger charge is -2.26. The maximum absolute atomic E-state index is 12.1. The van der Waals surface area contributed by atoms with Gasteiger partial charge in [-0.25, -0.2) is 0 Å². The second kappa shape index (κ2) is 5.86. The molecule has 1 saturated carbocycles. The van der Waals surface area contributed by atoms with E-state index in [0.717, 1.165) is 12.8 Å². The van der Waals surface area contributed by atoms with Crippen molar-refractivity contribution in [3.63, 3.8) is 0 Å². The summed E-state index contributed by atoms with van der Waals surface area (Å²) in [6, 6.07) is 2.22. The molecule has 1 aliphatic rings. The molecule has 0 atom stereocenters.